The zero-order chi connectivity index (χ0) is 17.4. The van der Waals surface area contributed by atoms with Gasteiger partial charge in [-0.1, -0.05) is 41.9 Å². The van der Waals surface area contributed by atoms with Crippen LogP contribution in [0.15, 0.2) is 66.7 Å². The molecule has 0 spiro atoms. The SMILES string of the molecule is O=C1c2ccccc2C2c3nc4ccccc4n3-c3cc(Cl)ccc3N12. The second kappa shape index (κ2) is 4.74. The summed E-state index contributed by atoms with van der Waals surface area (Å²) in [7, 11) is 0. The molecule has 1 aromatic heterocycles. The van der Waals surface area contributed by atoms with Gasteiger partial charge in [0.1, 0.15) is 11.9 Å². The number of nitrogens with zero attached hydrogens (tertiary/aromatic N) is 3. The van der Waals surface area contributed by atoms with Crippen LogP contribution in [0.1, 0.15) is 27.8 Å². The van der Waals surface area contributed by atoms with Crippen LogP contribution in [-0.4, -0.2) is 15.5 Å². The van der Waals surface area contributed by atoms with Gasteiger partial charge < -0.3 is 0 Å². The topological polar surface area (TPSA) is 38.1 Å². The Balaban J connectivity index is 1.78. The predicted octanol–water partition coefficient (Wildman–Crippen LogP) is 4.74. The fourth-order valence-electron chi connectivity index (χ4n) is 4.18. The van der Waals surface area contributed by atoms with Crippen molar-refractivity contribution in [1.82, 2.24) is 9.55 Å². The van der Waals surface area contributed by atoms with Crippen molar-refractivity contribution < 1.29 is 4.79 Å². The van der Waals surface area contributed by atoms with Crippen LogP contribution in [-0.2, 0) is 0 Å². The van der Waals surface area contributed by atoms with E-state index in [2.05, 4.69) is 10.6 Å². The number of carbonyl (C=O) groups excluding carboxylic acids is 1. The number of rotatable bonds is 0. The van der Waals surface area contributed by atoms with Gasteiger partial charge in [0.05, 0.1) is 22.4 Å². The Bertz CT molecular complexity index is 1240. The maximum atomic E-state index is 13.2. The summed E-state index contributed by atoms with van der Waals surface area (Å²) in [6.45, 7) is 0. The summed E-state index contributed by atoms with van der Waals surface area (Å²) in [4.78, 5) is 19.9. The van der Waals surface area contributed by atoms with Crippen LogP contribution < -0.4 is 4.90 Å². The van der Waals surface area contributed by atoms with Crippen LogP contribution >= 0.6 is 11.6 Å². The van der Waals surface area contributed by atoms with Crippen LogP contribution in [0.3, 0.4) is 0 Å². The summed E-state index contributed by atoms with van der Waals surface area (Å²) in [6, 6.07) is 21.2. The number of para-hydroxylation sites is 2. The molecule has 4 aromatic rings. The largest absolute Gasteiger partial charge is 0.292 e. The number of anilines is 1. The standard InChI is InChI=1S/C21H12ClN3O/c22-12-9-10-17-18(11-12)24-16-8-4-3-7-15(16)23-20(24)19-13-5-1-2-6-14(13)21(26)25(17)19/h1-11,19H. The monoisotopic (exact) mass is 357 g/mol. The fraction of sp³-hybridized carbons (Fsp3) is 0.0476. The summed E-state index contributed by atoms with van der Waals surface area (Å²) in [5.41, 5.74) is 5.40. The van der Waals surface area contributed by atoms with Crippen molar-refractivity contribution in [3.63, 3.8) is 0 Å². The van der Waals surface area contributed by atoms with E-state index < -0.39 is 0 Å². The lowest BCUT2D eigenvalue weighted by molar-refractivity contribution is 0.0992. The summed E-state index contributed by atoms with van der Waals surface area (Å²) < 4.78 is 2.13. The first kappa shape index (κ1) is 14.1. The smallest absolute Gasteiger partial charge is 0.259 e. The quantitative estimate of drug-likeness (QED) is 0.456. The number of aromatic nitrogens is 2. The third kappa shape index (κ3) is 1.60. The molecule has 124 valence electrons. The van der Waals surface area contributed by atoms with Gasteiger partial charge in [0, 0.05) is 10.6 Å². The molecular formula is C21H12ClN3O. The molecular weight excluding hydrogens is 346 g/mol. The van der Waals surface area contributed by atoms with Crippen LogP contribution in [0.25, 0.3) is 16.7 Å². The molecule has 1 unspecified atom stereocenters. The van der Waals surface area contributed by atoms with E-state index in [1.54, 1.807) is 0 Å². The summed E-state index contributed by atoms with van der Waals surface area (Å²) in [5.74, 6) is 0.853. The molecule has 1 amide bonds. The molecule has 3 heterocycles. The van der Waals surface area contributed by atoms with Crippen LogP contribution in [0.2, 0.25) is 5.02 Å². The molecule has 0 radical (unpaired) electrons. The Morgan fingerprint density at radius 3 is 2.65 bits per heavy atom. The van der Waals surface area contributed by atoms with E-state index >= 15 is 0 Å². The van der Waals surface area contributed by atoms with E-state index in [0.29, 0.717) is 5.02 Å². The van der Waals surface area contributed by atoms with E-state index in [4.69, 9.17) is 16.6 Å². The molecule has 0 fully saturated rings. The molecule has 4 nitrogen and oxygen atoms in total. The van der Waals surface area contributed by atoms with Crippen molar-refractivity contribution in [3.8, 4) is 5.69 Å². The third-order valence-electron chi connectivity index (χ3n) is 5.23. The molecule has 2 aliphatic heterocycles. The number of fused-ring (bicyclic) bond motifs is 10. The highest BCUT2D eigenvalue weighted by atomic mass is 35.5. The maximum Gasteiger partial charge on any atom is 0.259 e. The van der Waals surface area contributed by atoms with Crippen molar-refractivity contribution in [2.24, 2.45) is 0 Å². The average Bonchev–Trinajstić information content (AvgIpc) is 3.19. The van der Waals surface area contributed by atoms with Gasteiger partial charge in [-0.15, -0.1) is 0 Å². The molecule has 0 saturated carbocycles. The first-order chi connectivity index (χ1) is 12.7. The molecule has 0 N–H and O–H groups in total. The second-order valence-electron chi connectivity index (χ2n) is 6.59. The lowest BCUT2D eigenvalue weighted by Crippen LogP contribution is -2.34. The minimum atomic E-state index is -0.222. The van der Waals surface area contributed by atoms with Gasteiger partial charge >= 0.3 is 0 Å². The van der Waals surface area contributed by atoms with Gasteiger partial charge in [-0.05, 0) is 42.0 Å². The molecule has 0 bridgehead atoms. The van der Waals surface area contributed by atoms with Crippen molar-refractivity contribution in [2.45, 2.75) is 6.04 Å². The van der Waals surface area contributed by atoms with Gasteiger partial charge in [0.2, 0.25) is 0 Å². The molecule has 2 aliphatic rings. The Kier molecular flexibility index (Phi) is 2.57. The maximum absolute atomic E-state index is 13.2. The zero-order valence-corrected chi connectivity index (χ0v) is 14.3. The van der Waals surface area contributed by atoms with Gasteiger partial charge in [-0.2, -0.15) is 0 Å². The number of halogens is 1. The first-order valence-electron chi connectivity index (χ1n) is 8.44. The summed E-state index contributed by atoms with van der Waals surface area (Å²) in [5, 5.41) is 0.634. The van der Waals surface area contributed by atoms with Crippen molar-refractivity contribution in [1.29, 1.82) is 0 Å². The van der Waals surface area contributed by atoms with E-state index in [-0.39, 0.29) is 11.9 Å². The Hall–Kier alpha value is -3.11. The van der Waals surface area contributed by atoms with E-state index in [1.807, 2.05) is 65.6 Å². The highest BCUT2D eigenvalue weighted by Gasteiger charge is 2.45. The minimum Gasteiger partial charge on any atom is -0.292 e. The normalized spacial score (nSPS) is 17.0. The number of imidazole rings is 1. The number of hydrogen-bond acceptors (Lipinski definition) is 2. The number of carbonyl (C=O) groups is 1. The van der Waals surface area contributed by atoms with Gasteiger partial charge in [0.25, 0.3) is 5.91 Å². The molecule has 1 atom stereocenters. The summed E-state index contributed by atoms with van der Waals surface area (Å²) >= 11 is 6.29. The fourth-order valence-corrected chi connectivity index (χ4v) is 4.35. The number of amides is 1. The lowest BCUT2D eigenvalue weighted by atomic mass is 10.0. The minimum absolute atomic E-state index is 0.00692. The van der Waals surface area contributed by atoms with E-state index in [1.165, 1.54) is 0 Å². The zero-order valence-electron chi connectivity index (χ0n) is 13.6. The van der Waals surface area contributed by atoms with Crippen LogP contribution in [0.5, 0.6) is 0 Å². The van der Waals surface area contributed by atoms with Gasteiger partial charge in [-0.3, -0.25) is 14.3 Å². The van der Waals surface area contributed by atoms with Crippen molar-refractivity contribution in [3.05, 3.63) is 88.7 Å². The molecule has 6 rings (SSSR count). The first-order valence-corrected chi connectivity index (χ1v) is 8.81. The Morgan fingerprint density at radius 2 is 1.73 bits per heavy atom. The van der Waals surface area contributed by atoms with Crippen LogP contribution in [0, 0.1) is 0 Å². The van der Waals surface area contributed by atoms with E-state index in [0.717, 1.165) is 39.4 Å². The van der Waals surface area contributed by atoms with Gasteiger partial charge in [-0.25, -0.2) is 4.98 Å². The molecule has 3 aromatic carbocycles. The van der Waals surface area contributed by atoms with E-state index in [9.17, 15) is 4.79 Å². The predicted molar refractivity (Wildman–Crippen MR) is 101 cm³/mol. The van der Waals surface area contributed by atoms with Gasteiger partial charge in [0.15, 0.2) is 0 Å². The lowest BCUT2D eigenvalue weighted by Gasteiger charge is -2.33. The highest BCUT2D eigenvalue weighted by Crippen LogP contribution is 2.48. The Morgan fingerprint density at radius 1 is 0.923 bits per heavy atom. The number of benzene rings is 3. The van der Waals surface area contributed by atoms with Crippen molar-refractivity contribution in [2.75, 3.05) is 4.90 Å². The van der Waals surface area contributed by atoms with Crippen LogP contribution in [0.4, 0.5) is 5.69 Å². The highest BCUT2D eigenvalue weighted by molar-refractivity contribution is 6.31. The Labute approximate surface area is 154 Å². The molecule has 0 saturated heterocycles. The average molecular weight is 358 g/mol. The number of hydrogen-bond donors (Lipinski definition) is 0. The molecule has 26 heavy (non-hydrogen) atoms. The molecule has 5 heteroatoms. The molecule has 0 aliphatic carbocycles. The third-order valence-corrected chi connectivity index (χ3v) is 5.47. The second-order valence-corrected chi connectivity index (χ2v) is 7.03. The van der Waals surface area contributed by atoms with Crippen molar-refractivity contribution >= 4 is 34.2 Å². The summed E-state index contributed by atoms with van der Waals surface area (Å²) in [6.07, 6.45) is 0.